The molecule has 0 aromatic heterocycles. The fourth-order valence-electron chi connectivity index (χ4n) is 13.6. The number of carbonyl (C=O) groups excluding carboxylic acids is 3. The lowest BCUT2D eigenvalue weighted by molar-refractivity contribution is -0.870. The van der Waals surface area contributed by atoms with E-state index in [9.17, 15) is 19.5 Å². The summed E-state index contributed by atoms with van der Waals surface area (Å²) < 4.78 is 22.9. The third-order valence-electron chi connectivity index (χ3n) is 20.1. The van der Waals surface area contributed by atoms with Crippen LogP contribution in [0.1, 0.15) is 470 Å². The minimum Gasteiger partial charge on any atom is -0.545 e. The maximum Gasteiger partial charge on any atom is 0.306 e. The van der Waals surface area contributed by atoms with Gasteiger partial charge in [-0.05, 0) is 12.8 Å². The van der Waals surface area contributed by atoms with Crippen LogP contribution in [0.5, 0.6) is 0 Å². The summed E-state index contributed by atoms with van der Waals surface area (Å²) in [6.07, 6.45) is 92.7. The molecule has 0 spiro atoms. The molecule has 0 aliphatic rings. The van der Waals surface area contributed by atoms with Gasteiger partial charge < -0.3 is 33.3 Å². The summed E-state index contributed by atoms with van der Waals surface area (Å²) in [6, 6.07) is 0. The maximum absolute atomic E-state index is 13.0. The lowest BCUT2D eigenvalue weighted by Gasteiger charge is -2.26. The Balaban J connectivity index is 3.90. The molecule has 0 aromatic carbocycles. The molecule has 2 atom stereocenters. The zero-order valence-electron chi connectivity index (χ0n) is 64.4. The smallest absolute Gasteiger partial charge is 0.306 e. The monoisotopic (exact) mass is 1330 g/mol. The Hall–Kier alpha value is -1.71. The molecule has 0 heterocycles. The van der Waals surface area contributed by atoms with Crippen LogP contribution in [0.2, 0.25) is 0 Å². The molecule has 94 heavy (non-hydrogen) atoms. The first kappa shape index (κ1) is 92.3. The van der Waals surface area contributed by atoms with Gasteiger partial charge in [0.1, 0.15) is 13.2 Å². The van der Waals surface area contributed by atoms with Crippen molar-refractivity contribution in [2.45, 2.75) is 482 Å². The minimum absolute atomic E-state index is 0.154. The molecular formula is C85H167NO8. The van der Waals surface area contributed by atoms with E-state index in [2.05, 4.69) is 13.8 Å². The van der Waals surface area contributed by atoms with Crippen molar-refractivity contribution in [3.8, 4) is 0 Å². The highest BCUT2D eigenvalue weighted by Crippen LogP contribution is 2.21. The molecule has 9 heteroatoms. The number of hydrogen-bond donors (Lipinski definition) is 0. The predicted molar refractivity (Wildman–Crippen MR) is 404 cm³/mol. The standard InChI is InChI=1S/C85H167NO8/c1-6-8-10-12-14-16-18-20-22-24-26-28-30-32-34-36-38-39-40-41-42-43-44-46-48-50-52-54-56-58-60-62-64-66-68-70-72-74-76-83(88)94-81(80-93-85(84(89)90)91-78-77-86(3,4)5)79-92-82(87)75-73-71-69-67-65-63-61-59-57-55-53-51-49-47-45-37-35-33-31-29-27-25-23-21-19-17-15-13-11-9-7-2/h81,85H,6-80H2,1-5H3. The van der Waals surface area contributed by atoms with Crippen molar-refractivity contribution in [1.82, 2.24) is 0 Å². The SMILES string of the molecule is CCCCCCCCCCCCCCCCCCCCCCCCCCCCCCCCCCCCCCCCC(=O)OC(COC(=O)CCCCCCCCCCCCCCCCCCCCCCCCCCCCCCCCC)COC(OCC[N+](C)(C)C)C(=O)[O-]. The largest absolute Gasteiger partial charge is 0.545 e. The van der Waals surface area contributed by atoms with Gasteiger partial charge in [-0.2, -0.15) is 0 Å². The number of aliphatic carboxylic acids is 1. The first-order valence-corrected chi connectivity index (χ1v) is 42.7. The molecule has 0 aliphatic carbocycles. The molecule has 0 fully saturated rings. The summed E-state index contributed by atoms with van der Waals surface area (Å²) in [5, 5.41) is 11.9. The van der Waals surface area contributed by atoms with Gasteiger partial charge in [-0.1, -0.05) is 444 Å². The summed E-state index contributed by atoms with van der Waals surface area (Å²) in [4.78, 5) is 37.6. The van der Waals surface area contributed by atoms with E-state index in [-0.39, 0.29) is 32.2 Å². The molecule has 0 amide bonds. The van der Waals surface area contributed by atoms with Crippen LogP contribution in [0, 0.1) is 0 Å². The van der Waals surface area contributed by atoms with Gasteiger partial charge in [0.2, 0.25) is 0 Å². The Bertz CT molecular complexity index is 1500. The molecular weight excluding hydrogens is 1160 g/mol. The highest BCUT2D eigenvalue weighted by atomic mass is 16.7. The van der Waals surface area contributed by atoms with Crippen LogP contribution in [0.3, 0.4) is 0 Å². The number of hydrogen-bond acceptors (Lipinski definition) is 8. The van der Waals surface area contributed by atoms with Crippen molar-refractivity contribution in [3.05, 3.63) is 0 Å². The van der Waals surface area contributed by atoms with Gasteiger partial charge in [0, 0.05) is 12.8 Å². The van der Waals surface area contributed by atoms with Crippen LogP contribution in [-0.4, -0.2) is 82.3 Å². The average molecular weight is 1330 g/mol. The zero-order valence-corrected chi connectivity index (χ0v) is 64.4. The number of carbonyl (C=O) groups is 3. The van der Waals surface area contributed by atoms with E-state index < -0.39 is 24.3 Å². The molecule has 0 saturated carbocycles. The summed E-state index contributed by atoms with van der Waals surface area (Å²) >= 11 is 0. The zero-order chi connectivity index (χ0) is 68.2. The summed E-state index contributed by atoms with van der Waals surface area (Å²) in [7, 11) is 5.96. The van der Waals surface area contributed by atoms with Gasteiger partial charge in [-0.3, -0.25) is 9.59 Å². The van der Waals surface area contributed by atoms with Gasteiger partial charge in [-0.15, -0.1) is 0 Å². The molecule has 9 nitrogen and oxygen atoms in total. The van der Waals surface area contributed by atoms with E-state index in [0.29, 0.717) is 17.4 Å². The number of quaternary nitrogens is 1. The van der Waals surface area contributed by atoms with Crippen LogP contribution in [-0.2, 0) is 33.3 Å². The Morgan fingerprint density at radius 1 is 0.277 bits per heavy atom. The average Bonchev–Trinajstić information content (AvgIpc) is 2.74. The molecule has 0 N–H and O–H groups in total. The van der Waals surface area contributed by atoms with Crippen LogP contribution in [0.4, 0.5) is 0 Å². The normalized spacial score (nSPS) is 12.5. The van der Waals surface area contributed by atoms with E-state index >= 15 is 0 Å². The fraction of sp³-hybridized carbons (Fsp3) is 0.965. The van der Waals surface area contributed by atoms with E-state index in [4.69, 9.17) is 18.9 Å². The number of esters is 2. The predicted octanol–water partition coefficient (Wildman–Crippen LogP) is 26.0. The van der Waals surface area contributed by atoms with Crippen molar-refractivity contribution < 1.29 is 42.9 Å². The molecule has 0 bridgehead atoms. The number of carboxylic acids is 1. The first-order chi connectivity index (χ1) is 46.1. The van der Waals surface area contributed by atoms with E-state index in [1.165, 1.54) is 405 Å². The number of unbranched alkanes of at least 4 members (excludes halogenated alkanes) is 67. The Labute approximate surface area is 587 Å². The lowest BCUT2D eigenvalue weighted by Crippen LogP contribution is -2.44. The van der Waals surface area contributed by atoms with Gasteiger partial charge in [0.15, 0.2) is 12.4 Å². The lowest BCUT2D eigenvalue weighted by atomic mass is 10.0. The second-order valence-corrected chi connectivity index (χ2v) is 30.9. The Morgan fingerprint density at radius 3 is 0.681 bits per heavy atom. The molecule has 0 radical (unpaired) electrons. The fourth-order valence-corrected chi connectivity index (χ4v) is 13.6. The molecule has 0 aliphatic heterocycles. The van der Waals surface area contributed by atoms with E-state index in [1.807, 2.05) is 21.1 Å². The topological polar surface area (TPSA) is 111 Å². The van der Waals surface area contributed by atoms with Crippen molar-refractivity contribution in [2.75, 3.05) is 47.5 Å². The van der Waals surface area contributed by atoms with Crippen LogP contribution in [0.15, 0.2) is 0 Å². The van der Waals surface area contributed by atoms with Crippen LogP contribution >= 0.6 is 0 Å². The third-order valence-corrected chi connectivity index (χ3v) is 20.1. The van der Waals surface area contributed by atoms with Crippen LogP contribution in [0.25, 0.3) is 0 Å². The molecule has 0 rings (SSSR count). The van der Waals surface area contributed by atoms with Crippen molar-refractivity contribution >= 4 is 17.9 Å². The molecule has 0 aromatic rings. The highest BCUT2D eigenvalue weighted by Gasteiger charge is 2.22. The van der Waals surface area contributed by atoms with E-state index in [1.54, 1.807) is 0 Å². The number of carboxylic acid groups (broad SMARTS) is 1. The van der Waals surface area contributed by atoms with Gasteiger partial charge in [0.05, 0.1) is 40.3 Å². The maximum atomic E-state index is 13.0. The van der Waals surface area contributed by atoms with Crippen molar-refractivity contribution in [3.63, 3.8) is 0 Å². The number of nitrogens with zero attached hydrogens (tertiary/aromatic N) is 1. The highest BCUT2D eigenvalue weighted by molar-refractivity contribution is 5.70. The van der Waals surface area contributed by atoms with Gasteiger partial charge in [-0.25, -0.2) is 0 Å². The molecule has 0 saturated heterocycles. The second-order valence-electron chi connectivity index (χ2n) is 30.9. The van der Waals surface area contributed by atoms with Crippen molar-refractivity contribution in [2.24, 2.45) is 0 Å². The summed E-state index contributed by atoms with van der Waals surface area (Å²) in [5.74, 6) is -2.24. The number of likely N-dealkylation sites (N-methyl/N-ethyl adjacent to an activating group) is 1. The summed E-state index contributed by atoms with van der Waals surface area (Å²) in [5.41, 5.74) is 0. The van der Waals surface area contributed by atoms with Gasteiger partial charge in [0.25, 0.3) is 0 Å². The van der Waals surface area contributed by atoms with E-state index in [0.717, 1.165) is 38.5 Å². The number of ether oxygens (including phenoxy) is 4. The van der Waals surface area contributed by atoms with Crippen LogP contribution < -0.4 is 5.11 Å². The Kier molecular flexibility index (Phi) is 75.6. The van der Waals surface area contributed by atoms with Crippen molar-refractivity contribution in [1.29, 1.82) is 0 Å². The Morgan fingerprint density at radius 2 is 0.479 bits per heavy atom. The first-order valence-electron chi connectivity index (χ1n) is 42.7. The third kappa shape index (κ3) is 77.6. The molecule has 560 valence electrons. The second kappa shape index (κ2) is 77.0. The van der Waals surface area contributed by atoms with Gasteiger partial charge >= 0.3 is 11.9 Å². The number of rotatable bonds is 82. The minimum atomic E-state index is -1.62. The molecule has 2 unspecified atom stereocenters. The summed E-state index contributed by atoms with van der Waals surface area (Å²) in [6.45, 7) is 4.86. The quantitative estimate of drug-likeness (QED) is 0.0256.